The predicted molar refractivity (Wildman–Crippen MR) is 91.6 cm³/mol. The van der Waals surface area contributed by atoms with Crippen LogP contribution in [0.3, 0.4) is 0 Å². The Labute approximate surface area is 145 Å². The zero-order valence-electron chi connectivity index (χ0n) is 13.5. The second-order valence-electron chi connectivity index (χ2n) is 5.74. The average Bonchev–Trinajstić information content (AvgIpc) is 3.04. The summed E-state index contributed by atoms with van der Waals surface area (Å²) < 4.78 is 5.04. The number of thioether (sulfide) groups is 1. The summed E-state index contributed by atoms with van der Waals surface area (Å²) in [5, 5.41) is 12.0. The van der Waals surface area contributed by atoms with Crippen molar-refractivity contribution in [2.45, 2.75) is 31.2 Å². The second-order valence-corrected chi connectivity index (χ2v) is 6.85. The van der Waals surface area contributed by atoms with Gasteiger partial charge in [0.25, 0.3) is 0 Å². The highest BCUT2D eigenvalue weighted by atomic mass is 32.2. The summed E-state index contributed by atoms with van der Waals surface area (Å²) in [6.45, 7) is 0. The van der Waals surface area contributed by atoms with Gasteiger partial charge in [0.2, 0.25) is 5.91 Å². The molecule has 1 aliphatic heterocycles. The van der Waals surface area contributed by atoms with Gasteiger partial charge in [-0.15, -0.1) is 0 Å². The van der Waals surface area contributed by atoms with Gasteiger partial charge >= 0.3 is 5.97 Å². The third-order valence-corrected chi connectivity index (χ3v) is 5.22. The van der Waals surface area contributed by atoms with Gasteiger partial charge in [-0.25, -0.2) is 4.79 Å². The topological polar surface area (TPSA) is 92.7 Å². The molecule has 2 rings (SSSR count). The first-order chi connectivity index (χ1) is 11.5. The van der Waals surface area contributed by atoms with Crippen molar-refractivity contribution in [1.29, 1.82) is 0 Å². The molecule has 1 heterocycles. The summed E-state index contributed by atoms with van der Waals surface area (Å²) in [4.78, 5) is 35.5. The molecule has 0 radical (unpaired) electrons. The Balaban J connectivity index is 1.79. The first-order valence-electron chi connectivity index (χ1n) is 7.76. The van der Waals surface area contributed by atoms with E-state index in [0.29, 0.717) is 29.9 Å². The zero-order valence-corrected chi connectivity index (χ0v) is 14.4. The van der Waals surface area contributed by atoms with Crippen LogP contribution in [0.2, 0.25) is 0 Å². The highest BCUT2D eigenvalue weighted by Crippen LogP contribution is 2.28. The molecule has 1 amide bonds. The lowest BCUT2D eigenvalue weighted by atomic mass is 9.98. The highest BCUT2D eigenvalue weighted by molar-refractivity contribution is 7.99. The van der Waals surface area contributed by atoms with E-state index in [0.717, 1.165) is 5.75 Å². The third-order valence-electron chi connectivity index (χ3n) is 4.03. The number of rotatable bonds is 8. The number of aliphatic carboxylic acids is 1. The Morgan fingerprint density at radius 1 is 1.25 bits per heavy atom. The Morgan fingerprint density at radius 2 is 1.96 bits per heavy atom. The maximum absolute atomic E-state index is 12.1. The molecule has 0 aromatic heterocycles. The Morgan fingerprint density at radius 3 is 2.50 bits per heavy atom. The van der Waals surface area contributed by atoms with Gasteiger partial charge in [0.1, 0.15) is 11.3 Å². The fourth-order valence-electron chi connectivity index (χ4n) is 2.55. The number of hydrogen-bond donors (Lipinski definition) is 2. The van der Waals surface area contributed by atoms with Crippen LogP contribution in [0.1, 0.15) is 36.0 Å². The number of carbonyl (C=O) groups excluding carboxylic acids is 2. The molecule has 24 heavy (non-hydrogen) atoms. The van der Waals surface area contributed by atoms with Crippen LogP contribution in [0.15, 0.2) is 24.3 Å². The quantitative estimate of drug-likeness (QED) is 0.697. The van der Waals surface area contributed by atoms with E-state index in [1.54, 1.807) is 31.4 Å². The maximum atomic E-state index is 12.1. The van der Waals surface area contributed by atoms with Crippen molar-refractivity contribution in [3.63, 3.8) is 0 Å². The monoisotopic (exact) mass is 351 g/mol. The largest absolute Gasteiger partial charge is 0.497 e. The summed E-state index contributed by atoms with van der Waals surface area (Å²) in [5.74, 6) is 0.438. The SMILES string of the molecule is COc1ccc(C(=O)CCCC(=O)NC2(C(=O)O)CCSC2)cc1. The van der Waals surface area contributed by atoms with Gasteiger partial charge in [0, 0.05) is 24.2 Å². The van der Waals surface area contributed by atoms with E-state index in [1.807, 2.05) is 0 Å². The van der Waals surface area contributed by atoms with E-state index >= 15 is 0 Å². The molecule has 0 bridgehead atoms. The average molecular weight is 351 g/mol. The molecule has 0 spiro atoms. The summed E-state index contributed by atoms with van der Waals surface area (Å²) in [7, 11) is 1.56. The van der Waals surface area contributed by atoms with Crippen LogP contribution in [-0.2, 0) is 9.59 Å². The van der Waals surface area contributed by atoms with Crippen LogP contribution in [0.4, 0.5) is 0 Å². The van der Waals surface area contributed by atoms with Crippen molar-refractivity contribution >= 4 is 29.4 Å². The Kier molecular flexibility index (Phi) is 6.25. The van der Waals surface area contributed by atoms with Gasteiger partial charge in [-0.2, -0.15) is 11.8 Å². The van der Waals surface area contributed by atoms with Crippen molar-refractivity contribution in [2.24, 2.45) is 0 Å². The summed E-state index contributed by atoms with van der Waals surface area (Å²) >= 11 is 1.52. The molecule has 1 unspecified atom stereocenters. The molecule has 0 aliphatic carbocycles. The molecule has 1 aromatic rings. The first kappa shape index (κ1) is 18.3. The summed E-state index contributed by atoms with van der Waals surface area (Å²) in [6, 6.07) is 6.81. The molecule has 130 valence electrons. The number of carboxylic acid groups (broad SMARTS) is 1. The first-order valence-corrected chi connectivity index (χ1v) is 8.92. The predicted octanol–water partition coefficient (Wildman–Crippen LogP) is 2.12. The van der Waals surface area contributed by atoms with E-state index in [1.165, 1.54) is 11.8 Å². The molecule has 7 heteroatoms. The van der Waals surface area contributed by atoms with E-state index in [9.17, 15) is 19.5 Å². The number of nitrogens with one attached hydrogen (secondary N) is 1. The molecule has 1 atom stereocenters. The number of benzene rings is 1. The van der Waals surface area contributed by atoms with Crippen molar-refractivity contribution in [2.75, 3.05) is 18.6 Å². The minimum absolute atomic E-state index is 0.0465. The van der Waals surface area contributed by atoms with Crippen molar-refractivity contribution in [3.05, 3.63) is 29.8 Å². The zero-order chi connectivity index (χ0) is 17.6. The normalized spacial score (nSPS) is 19.7. The van der Waals surface area contributed by atoms with E-state index in [-0.39, 0.29) is 24.5 Å². The number of carboxylic acids is 1. The second kappa shape index (κ2) is 8.19. The fraction of sp³-hybridized carbons (Fsp3) is 0.471. The number of ketones is 1. The van der Waals surface area contributed by atoms with E-state index in [2.05, 4.69) is 5.32 Å². The molecule has 1 saturated heterocycles. The van der Waals surface area contributed by atoms with Crippen LogP contribution in [0, 0.1) is 0 Å². The fourth-order valence-corrected chi connectivity index (χ4v) is 3.87. The van der Waals surface area contributed by atoms with Gasteiger partial charge in [-0.3, -0.25) is 9.59 Å². The van der Waals surface area contributed by atoms with Gasteiger partial charge in [0.15, 0.2) is 5.78 Å². The van der Waals surface area contributed by atoms with Crippen LogP contribution >= 0.6 is 11.8 Å². The van der Waals surface area contributed by atoms with Crippen LogP contribution < -0.4 is 10.1 Å². The minimum atomic E-state index is -1.15. The van der Waals surface area contributed by atoms with Crippen LogP contribution in [0.5, 0.6) is 5.75 Å². The van der Waals surface area contributed by atoms with Crippen molar-refractivity contribution < 1.29 is 24.2 Å². The molecule has 1 aromatic carbocycles. The number of ether oxygens (including phenoxy) is 1. The molecule has 6 nitrogen and oxygen atoms in total. The lowest BCUT2D eigenvalue weighted by molar-refractivity contribution is -0.146. The van der Waals surface area contributed by atoms with E-state index in [4.69, 9.17) is 4.74 Å². The van der Waals surface area contributed by atoms with Gasteiger partial charge in [-0.1, -0.05) is 0 Å². The lowest BCUT2D eigenvalue weighted by Crippen LogP contribution is -2.54. The van der Waals surface area contributed by atoms with Crippen molar-refractivity contribution in [3.8, 4) is 5.75 Å². The minimum Gasteiger partial charge on any atom is -0.497 e. The van der Waals surface area contributed by atoms with Gasteiger partial charge in [0.05, 0.1) is 7.11 Å². The van der Waals surface area contributed by atoms with Crippen LogP contribution in [-0.4, -0.2) is 46.9 Å². The third kappa shape index (κ3) is 4.50. The Bertz CT molecular complexity index is 608. The van der Waals surface area contributed by atoms with E-state index < -0.39 is 11.5 Å². The van der Waals surface area contributed by atoms with Gasteiger partial charge in [-0.05, 0) is 42.9 Å². The van der Waals surface area contributed by atoms with Gasteiger partial charge < -0.3 is 15.2 Å². The highest BCUT2D eigenvalue weighted by Gasteiger charge is 2.43. The molecular formula is C17H21NO5S. The molecular weight excluding hydrogens is 330 g/mol. The summed E-state index contributed by atoms with van der Waals surface area (Å²) in [6.07, 6.45) is 1.21. The number of hydrogen-bond acceptors (Lipinski definition) is 5. The molecule has 1 aliphatic rings. The number of amides is 1. The molecule has 2 N–H and O–H groups in total. The van der Waals surface area contributed by atoms with Crippen LogP contribution in [0.25, 0.3) is 0 Å². The van der Waals surface area contributed by atoms with Crippen molar-refractivity contribution in [1.82, 2.24) is 5.32 Å². The Hall–Kier alpha value is -2.02. The smallest absolute Gasteiger partial charge is 0.330 e. The molecule has 1 fully saturated rings. The summed E-state index contributed by atoms with van der Waals surface area (Å²) in [5.41, 5.74) is -0.577. The maximum Gasteiger partial charge on any atom is 0.330 e. The lowest BCUT2D eigenvalue weighted by Gasteiger charge is -2.24. The number of carbonyl (C=O) groups is 3. The number of methoxy groups -OCH3 is 1. The molecule has 0 saturated carbocycles. The standard InChI is InChI=1S/C17H21NO5S/c1-23-13-7-5-12(6-8-13)14(19)3-2-4-15(20)18-17(16(21)22)9-10-24-11-17/h5-8H,2-4,9-11H2,1H3,(H,18,20)(H,21,22). The number of Topliss-reactive ketones (excluding diaryl/α,β-unsaturated/α-hetero) is 1.